The van der Waals surface area contributed by atoms with Gasteiger partial charge in [0.2, 0.25) is 0 Å². The molecule has 4 unspecified atom stereocenters. The lowest BCUT2D eigenvalue weighted by atomic mass is 9.84. The van der Waals surface area contributed by atoms with Crippen LogP contribution in [-0.4, -0.2) is 48.3 Å². The summed E-state index contributed by atoms with van der Waals surface area (Å²) in [6.07, 6.45) is 38.4. The fourth-order valence-corrected chi connectivity index (χ4v) is 7.70. The zero-order valence-corrected chi connectivity index (χ0v) is 40.8. The molecule has 0 spiro atoms. The third-order valence-electron chi connectivity index (χ3n) is 11.5. The molecule has 60 heavy (non-hydrogen) atoms. The molecule has 0 aromatic carbocycles. The first-order chi connectivity index (χ1) is 28.4. The number of ether oxygens (including phenoxy) is 2. The number of aliphatic carboxylic acids is 2. The van der Waals surface area contributed by atoms with Crippen molar-refractivity contribution in [1.82, 2.24) is 0 Å². The van der Waals surface area contributed by atoms with Crippen LogP contribution in [-0.2, 0) is 28.7 Å². The molecule has 0 aromatic heterocycles. The number of carboxylic acids is 2. The van der Waals surface area contributed by atoms with Crippen molar-refractivity contribution in [2.75, 3.05) is 14.2 Å². The Morgan fingerprint density at radius 1 is 0.500 bits per heavy atom. The topological polar surface area (TPSA) is 127 Å². The number of methoxy groups -OCH3 is 2. The highest BCUT2D eigenvalue weighted by Gasteiger charge is 2.30. The van der Waals surface area contributed by atoms with Crippen molar-refractivity contribution in [3.63, 3.8) is 0 Å². The van der Waals surface area contributed by atoms with Crippen LogP contribution in [0.5, 0.6) is 0 Å². The molecule has 352 valence electrons. The van der Waals surface area contributed by atoms with Crippen LogP contribution in [0.4, 0.5) is 0 Å². The van der Waals surface area contributed by atoms with Gasteiger partial charge in [-0.05, 0) is 74.0 Å². The third-order valence-corrected chi connectivity index (χ3v) is 11.5. The second-order valence-corrected chi connectivity index (χ2v) is 19.8. The molecule has 0 saturated heterocycles. The van der Waals surface area contributed by atoms with Crippen LogP contribution in [0, 0.1) is 34.5 Å². The van der Waals surface area contributed by atoms with Crippen LogP contribution in [0.25, 0.3) is 0 Å². The van der Waals surface area contributed by atoms with Crippen molar-refractivity contribution in [1.29, 1.82) is 0 Å². The van der Waals surface area contributed by atoms with E-state index in [4.69, 9.17) is 9.47 Å². The summed E-state index contributed by atoms with van der Waals surface area (Å²) >= 11 is 0. The van der Waals surface area contributed by atoms with Gasteiger partial charge in [0.15, 0.2) is 0 Å². The van der Waals surface area contributed by atoms with Gasteiger partial charge in [-0.2, -0.15) is 0 Å². The first-order valence-corrected chi connectivity index (χ1v) is 24.3. The molecular formula is C52H96O8. The summed E-state index contributed by atoms with van der Waals surface area (Å²) in [5, 5.41) is 19.0. The van der Waals surface area contributed by atoms with Crippen LogP contribution in [0.1, 0.15) is 235 Å². The van der Waals surface area contributed by atoms with Gasteiger partial charge < -0.3 is 19.7 Å². The summed E-state index contributed by atoms with van der Waals surface area (Å²) < 4.78 is 9.66. The van der Waals surface area contributed by atoms with Crippen molar-refractivity contribution in [3.05, 3.63) is 24.3 Å². The Hall–Kier alpha value is -2.64. The predicted molar refractivity (Wildman–Crippen MR) is 251 cm³/mol. The number of hydrogen-bond acceptors (Lipinski definition) is 6. The van der Waals surface area contributed by atoms with Crippen molar-refractivity contribution < 1.29 is 38.9 Å². The van der Waals surface area contributed by atoms with Gasteiger partial charge in [-0.25, -0.2) is 0 Å². The van der Waals surface area contributed by atoms with E-state index in [9.17, 15) is 29.4 Å². The van der Waals surface area contributed by atoms with Crippen LogP contribution in [0.15, 0.2) is 24.3 Å². The Morgan fingerprint density at radius 3 is 1.25 bits per heavy atom. The zero-order chi connectivity index (χ0) is 45.7. The molecule has 0 amide bonds. The molecule has 0 aliphatic heterocycles. The molecule has 0 saturated carbocycles. The predicted octanol–water partition coefficient (Wildman–Crippen LogP) is 15.1. The van der Waals surface area contributed by atoms with Crippen molar-refractivity contribution in [3.8, 4) is 0 Å². The van der Waals surface area contributed by atoms with Gasteiger partial charge in [-0.15, -0.1) is 0 Å². The number of rotatable bonds is 36. The molecule has 0 aromatic rings. The zero-order valence-electron chi connectivity index (χ0n) is 40.8. The lowest BCUT2D eigenvalue weighted by Gasteiger charge is -2.22. The molecule has 8 nitrogen and oxygen atoms in total. The number of esters is 2. The van der Waals surface area contributed by atoms with Gasteiger partial charge in [0.05, 0.1) is 38.9 Å². The Balaban J connectivity index is 0. The molecule has 8 heteroatoms. The van der Waals surface area contributed by atoms with E-state index in [1.165, 1.54) is 117 Å². The van der Waals surface area contributed by atoms with Gasteiger partial charge in [0.25, 0.3) is 0 Å². The SMILES string of the molecule is CCCCCCCC/C=C/C(CCCCCCC(C)(C)C)C(CC(=O)O)C(=O)OC.CCCCCCCC/C=C/C(CCCCCCC(C)(C)C)C(CC(=O)OC)C(=O)O. The number of hydrogen-bond donors (Lipinski definition) is 2. The smallest absolute Gasteiger partial charge is 0.309 e. The van der Waals surface area contributed by atoms with Gasteiger partial charge >= 0.3 is 23.9 Å². The lowest BCUT2D eigenvalue weighted by molar-refractivity contribution is -0.152. The average Bonchev–Trinajstić information content (AvgIpc) is 3.18. The molecular weight excluding hydrogens is 753 g/mol. The van der Waals surface area contributed by atoms with E-state index in [2.05, 4.69) is 79.7 Å². The minimum Gasteiger partial charge on any atom is -0.481 e. The van der Waals surface area contributed by atoms with E-state index in [0.717, 1.165) is 64.2 Å². The molecule has 0 aliphatic carbocycles. The minimum atomic E-state index is -0.940. The first kappa shape index (κ1) is 59.5. The molecule has 0 aliphatic rings. The maximum Gasteiger partial charge on any atom is 0.309 e. The number of unbranched alkanes of at least 4 members (excludes halogenated alkanes) is 18. The van der Waals surface area contributed by atoms with Gasteiger partial charge in [0.1, 0.15) is 0 Å². The van der Waals surface area contributed by atoms with Crippen LogP contribution < -0.4 is 0 Å². The number of allylic oxidation sites excluding steroid dienone is 4. The third kappa shape index (κ3) is 38.3. The highest BCUT2D eigenvalue weighted by Crippen LogP contribution is 2.29. The summed E-state index contributed by atoms with van der Waals surface area (Å²) in [7, 11) is 2.67. The second kappa shape index (κ2) is 38.1. The Labute approximate surface area is 369 Å². The first-order valence-electron chi connectivity index (χ1n) is 24.3. The van der Waals surface area contributed by atoms with E-state index in [0.29, 0.717) is 10.8 Å². The quantitative estimate of drug-likeness (QED) is 0.0362. The molecule has 0 rings (SSSR count). The Kier molecular flexibility index (Phi) is 37.7. The minimum absolute atomic E-state index is 0.0537. The highest BCUT2D eigenvalue weighted by atomic mass is 16.5. The van der Waals surface area contributed by atoms with Crippen LogP contribution in [0.3, 0.4) is 0 Å². The highest BCUT2D eigenvalue weighted by molar-refractivity contribution is 5.80. The van der Waals surface area contributed by atoms with Crippen LogP contribution >= 0.6 is 0 Å². The van der Waals surface area contributed by atoms with Crippen molar-refractivity contribution >= 4 is 23.9 Å². The molecule has 0 radical (unpaired) electrons. The van der Waals surface area contributed by atoms with E-state index in [1.54, 1.807) is 0 Å². The second-order valence-electron chi connectivity index (χ2n) is 19.8. The largest absolute Gasteiger partial charge is 0.481 e. The average molecular weight is 849 g/mol. The molecule has 4 atom stereocenters. The van der Waals surface area contributed by atoms with Crippen LogP contribution in [0.2, 0.25) is 0 Å². The maximum atomic E-state index is 12.3. The van der Waals surface area contributed by atoms with E-state index in [1.807, 2.05) is 0 Å². The summed E-state index contributed by atoms with van der Waals surface area (Å²) in [6, 6.07) is 0. The van der Waals surface area contributed by atoms with Gasteiger partial charge in [-0.3, -0.25) is 19.2 Å². The molecule has 0 bridgehead atoms. The summed E-state index contributed by atoms with van der Waals surface area (Å²) in [6.45, 7) is 18.0. The van der Waals surface area contributed by atoms with E-state index < -0.39 is 35.7 Å². The number of carbonyl (C=O) groups is 4. The monoisotopic (exact) mass is 849 g/mol. The molecule has 2 N–H and O–H groups in total. The maximum absolute atomic E-state index is 12.3. The number of carbonyl (C=O) groups excluding carboxylic acids is 2. The van der Waals surface area contributed by atoms with E-state index >= 15 is 0 Å². The summed E-state index contributed by atoms with van der Waals surface area (Å²) in [4.78, 5) is 47.1. The lowest BCUT2D eigenvalue weighted by Crippen LogP contribution is -2.26. The fraction of sp³-hybridized carbons (Fsp3) is 0.846. The molecule has 0 heterocycles. The summed E-state index contributed by atoms with van der Waals surface area (Å²) in [5.74, 6) is -4.15. The van der Waals surface area contributed by atoms with E-state index in [-0.39, 0.29) is 24.7 Å². The standard InChI is InChI=1S/2C26H48O4/c1-6-7-8-9-10-11-12-15-18-22(23(25(28)29)21-24(27)30-5)19-16-13-14-17-20-26(2,3)4;1-6-7-8-9-10-11-12-15-18-22(23(21-24(27)28)25(29)30-5)19-16-13-14-17-20-26(2,3)4/h15,18,22-23H,6-14,16-17,19-21H2,1-5H3,(H,28,29);15,18,22-23H,6-14,16-17,19-21H2,1-5H3,(H,27,28)/b2*18-15+. The number of carboxylic acid groups (broad SMARTS) is 2. The van der Waals surface area contributed by atoms with Crippen molar-refractivity contribution in [2.45, 2.75) is 235 Å². The van der Waals surface area contributed by atoms with Crippen molar-refractivity contribution in [2.24, 2.45) is 34.5 Å². The van der Waals surface area contributed by atoms with Gasteiger partial charge in [0, 0.05) is 0 Å². The fourth-order valence-electron chi connectivity index (χ4n) is 7.70. The summed E-state index contributed by atoms with van der Waals surface area (Å²) in [5.41, 5.74) is 0.746. The normalized spacial score (nSPS) is 14.0. The Morgan fingerprint density at radius 2 is 0.883 bits per heavy atom. The van der Waals surface area contributed by atoms with Gasteiger partial charge in [-0.1, -0.05) is 195 Å². The molecule has 0 fully saturated rings. The Bertz CT molecular complexity index is 1130.